The number of nitrogens with one attached hydrogen (secondary N) is 1. The van der Waals surface area contributed by atoms with Crippen LogP contribution in [0.25, 0.3) is 0 Å². The summed E-state index contributed by atoms with van der Waals surface area (Å²) in [6.45, 7) is 5.49. The summed E-state index contributed by atoms with van der Waals surface area (Å²) in [6, 6.07) is 0. The zero-order valence-corrected chi connectivity index (χ0v) is 13.6. The molecule has 0 aliphatic carbocycles. The molecule has 1 aromatic heterocycles. The minimum absolute atomic E-state index is 0.0290. The van der Waals surface area contributed by atoms with Gasteiger partial charge in [0.15, 0.2) is 0 Å². The van der Waals surface area contributed by atoms with E-state index in [-0.39, 0.29) is 29.0 Å². The van der Waals surface area contributed by atoms with Crippen molar-refractivity contribution in [2.24, 2.45) is 0 Å². The molecule has 0 unspecified atom stereocenters. The van der Waals surface area contributed by atoms with Crippen molar-refractivity contribution in [3.05, 3.63) is 15.8 Å². The molecule has 0 atom stereocenters. The maximum Gasteiger partial charge on any atom is 0.350 e. The molecule has 6 nitrogen and oxygen atoms in total. The number of carbonyl (C=O) groups is 1. The van der Waals surface area contributed by atoms with Crippen molar-refractivity contribution in [3.8, 4) is 0 Å². The van der Waals surface area contributed by atoms with Crippen LogP contribution >= 0.6 is 11.3 Å². The van der Waals surface area contributed by atoms with Gasteiger partial charge in [0.05, 0.1) is 31.3 Å². The molecule has 0 bridgehead atoms. The first-order valence-electron chi connectivity index (χ1n) is 6.05. The van der Waals surface area contributed by atoms with Crippen LogP contribution in [0.4, 0.5) is 5.69 Å². The van der Waals surface area contributed by atoms with E-state index in [4.69, 9.17) is 4.74 Å². The minimum atomic E-state index is -3.56. The lowest BCUT2D eigenvalue weighted by Crippen LogP contribution is -2.22. The van der Waals surface area contributed by atoms with Crippen molar-refractivity contribution in [2.45, 2.75) is 26.9 Å². The number of rotatable bonds is 7. The summed E-state index contributed by atoms with van der Waals surface area (Å²) in [5.41, 5.74) is 0.968. The Bertz CT molecular complexity index is 562. The second-order valence-corrected chi connectivity index (χ2v) is 7.18. The number of methoxy groups -OCH3 is 1. The highest BCUT2D eigenvalue weighted by molar-refractivity contribution is 7.92. The lowest BCUT2D eigenvalue weighted by molar-refractivity contribution is 0.0607. The van der Waals surface area contributed by atoms with Gasteiger partial charge in [-0.1, -0.05) is 0 Å². The first-order chi connectivity index (χ1) is 9.26. The summed E-state index contributed by atoms with van der Waals surface area (Å²) in [4.78, 5) is 11.8. The summed E-state index contributed by atoms with van der Waals surface area (Å²) in [6.07, 6.45) is -0.0290. The molecule has 20 heavy (non-hydrogen) atoms. The van der Waals surface area contributed by atoms with Crippen LogP contribution in [0.15, 0.2) is 5.38 Å². The maximum atomic E-state index is 12.0. The van der Waals surface area contributed by atoms with Gasteiger partial charge in [-0.15, -0.1) is 11.3 Å². The minimum Gasteiger partial charge on any atom is -0.465 e. The first kappa shape index (κ1) is 16.9. The predicted octanol–water partition coefficient (Wildman–Crippen LogP) is 2.01. The van der Waals surface area contributed by atoms with Gasteiger partial charge in [-0.05, 0) is 31.7 Å². The van der Waals surface area contributed by atoms with Crippen molar-refractivity contribution in [1.82, 2.24) is 0 Å². The van der Waals surface area contributed by atoms with E-state index in [1.807, 2.05) is 13.8 Å². The van der Waals surface area contributed by atoms with Crippen LogP contribution in [0.2, 0.25) is 0 Å². The van der Waals surface area contributed by atoms with Gasteiger partial charge in [0, 0.05) is 0 Å². The molecule has 0 amide bonds. The third kappa shape index (κ3) is 4.77. The third-order valence-corrected chi connectivity index (χ3v) is 4.70. The Morgan fingerprint density at radius 2 is 2.10 bits per heavy atom. The summed E-state index contributed by atoms with van der Waals surface area (Å²) < 4.78 is 36.2. The third-order valence-electron chi connectivity index (χ3n) is 2.41. The van der Waals surface area contributed by atoms with Crippen LogP contribution < -0.4 is 4.72 Å². The fourth-order valence-corrected chi connectivity index (χ4v) is 3.39. The average molecular weight is 321 g/mol. The van der Waals surface area contributed by atoms with Crippen molar-refractivity contribution in [3.63, 3.8) is 0 Å². The van der Waals surface area contributed by atoms with Crippen LogP contribution in [-0.4, -0.2) is 40.0 Å². The average Bonchev–Trinajstić information content (AvgIpc) is 2.69. The van der Waals surface area contributed by atoms with E-state index >= 15 is 0 Å². The van der Waals surface area contributed by atoms with E-state index < -0.39 is 16.0 Å². The molecule has 0 radical (unpaired) electrons. The number of esters is 1. The number of hydrogen-bond acceptors (Lipinski definition) is 6. The molecule has 1 heterocycles. The van der Waals surface area contributed by atoms with E-state index in [0.717, 1.165) is 11.3 Å². The smallest absolute Gasteiger partial charge is 0.350 e. The normalized spacial score (nSPS) is 11.7. The molecule has 1 rings (SSSR count). The van der Waals surface area contributed by atoms with E-state index in [1.54, 1.807) is 12.3 Å². The fourth-order valence-electron chi connectivity index (χ4n) is 1.41. The topological polar surface area (TPSA) is 81.7 Å². The van der Waals surface area contributed by atoms with Gasteiger partial charge in [-0.3, -0.25) is 4.72 Å². The Hall–Kier alpha value is -1.12. The Labute approximate surface area is 123 Å². The molecule has 0 saturated carbocycles. The van der Waals surface area contributed by atoms with Crippen LogP contribution in [0, 0.1) is 6.92 Å². The SMILES string of the molecule is COC(=O)c1scc(C)c1NS(=O)(=O)CCOC(C)C. The van der Waals surface area contributed by atoms with Crippen LogP contribution in [0.3, 0.4) is 0 Å². The first-order valence-corrected chi connectivity index (χ1v) is 8.58. The Morgan fingerprint density at radius 3 is 2.65 bits per heavy atom. The zero-order chi connectivity index (χ0) is 15.3. The van der Waals surface area contributed by atoms with E-state index in [0.29, 0.717) is 5.56 Å². The monoisotopic (exact) mass is 321 g/mol. The fraction of sp³-hybridized carbons (Fsp3) is 0.583. The number of sulfonamides is 1. The molecule has 0 aliphatic rings. The van der Waals surface area contributed by atoms with Crippen LogP contribution in [-0.2, 0) is 19.5 Å². The predicted molar refractivity (Wildman–Crippen MR) is 78.9 cm³/mol. The molecule has 0 spiro atoms. The Morgan fingerprint density at radius 1 is 1.45 bits per heavy atom. The van der Waals surface area contributed by atoms with Crippen molar-refractivity contribution >= 4 is 33.0 Å². The molecule has 1 aromatic rings. The van der Waals surface area contributed by atoms with Gasteiger partial charge >= 0.3 is 5.97 Å². The lowest BCUT2D eigenvalue weighted by atomic mass is 10.3. The lowest BCUT2D eigenvalue weighted by Gasteiger charge is -2.11. The summed E-state index contributed by atoms with van der Waals surface area (Å²) in [5, 5.41) is 1.70. The number of thiophene rings is 1. The molecule has 114 valence electrons. The highest BCUT2D eigenvalue weighted by Crippen LogP contribution is 2.29. The Balaban J connectivity index is 2.82. The molecular formula is C12H19NO5S2. The number of anilines is 1. The number of aryl methyl sites for hydroxylation is 1. The largest absolute Gasteiger partial charge is 0.465 e. The van der Waals surface area contributed by atoms with Crippen molar-refractivity contribution in [2.75, 3.05) is 24.2 Å². The second-order valence-electron chi connectivity index (χ2n) is 4.45. The molecule has 8 heteroatoms. The van der Waals surface area contributed by atoms with Gasteiger partial charge in [-0.25, -0.2) is 13.2 Å². The van der Waals surface area contributed by atoms with Gasteiger partial charge in [0.25, 0.3) is 0 Å². The van der Waals surface area contributed by atoms with Gasteiger partial charge in [0.1, 0.15) is 4.88 Å². The van der Waals surface area contributed by atoms with Crippen LogP contribution in [0.5, 0.6) is 0 Å². The summed E-state index contributed by atoms with van der Waals surface area (Å²) in [7, 11) is -2.31. The van der Waals surface area contributed by atoms with Gasteiger partial charge in [0.2, 0.25) is 10.0 Å². The molecule has 0 aromatic carbocycles. The second kappa shape index (κ2) is 7.05. The summed E-state index contributed by atoms with van der Waals surface area (Å²) >= 11 is 1.15. The molecule has 0 aliphatic heterocycles. The highest BCUT2D eigenvalue weighted by Gasteiger charge is 2.21. The molecule has 0 saturated heterocycles. The molecule has 0 fully saturated rings. The maximum absolute atomic E-state index is 12.0. The molecule has 1 N–H and O–H groups in total. The summed E-state index contributed by atoms with van der Waals surface area (Å²) in [5.74, 6) is -0.722. The van der Waals surface area contributed by atoms with Crippen molar-refractivity contribution in [1.29, 1.82) is 0 Å². The zero-order valence-electron chi connectivity index (χ0n) is 11.9. The standard InChI is InChI=1S/C12H19NO5S2/c1-8(2)18-5-6-20(15,16)13-10-9(3)7-19-11(10)12(14)17-4/h7-8,13H,5-6H2,1-4H3. The van der Waals surface area contributed by atoms with E-state index in [1.165, 1.54) is 7.11 Å². The Kier molecular flexibility index (Phi) is 5.97. The number of hydrogen-bond donors (Lipinski definition) is 1. The van der Waals surface area contributed by atoms with Gasteiger partial charge in [-0.2, -0.15) is 0 Å². The quantitative estimate of drug-likeness (QED) is 0.777. The van der Waals surface area contributed by atoms with Gasteiger partial charge < -0.3 is 9.47 Å². The van der Waals surface area contributed by atoms with E-state index in [9.17, 15) is 13.2 Å². The van der Waals surface area contributed by atoms with Crippen molar-refractivity contribution < 1.29 is 22.7 Å². The van der Waals surface area contributed by atoms with Crippen LogP contribution in [0.1, 0.15) is 29.1 Å². The number of ether oxygens (including phenoxy) is 2. The molecular weight excluding hydrogens is 302 g/mol. The highest BCUT2D eigenvalue weighted by atomic mass is 32.2. The van der Waals surface area contributed by atoms with E-state index in [2.05, 4.69) is 9.46 Å². The number of carbonyl (C=O) groups excluding carboxylic acids is 1.